The van der Waals surface area contributed by atoms with E-state index in [1.165, 1.54) is 32.1 Å². The molecule has 18 heavy (non-hydrogen) atoms. The fourth-order valence-corrected chi connectivity index (χ4v) is 3.10. The Bertz CT molecular complexity index is 318. The van der Waals surface area contributed by atoms with Crippen LogP contribution in [0, 0.1) is 5.92 Å². The number of amides is 1. The molecule has 0 aromatic rings. The maximum absolute atomic E-state index is 12.0. The molecule has 0 aromatic heterocycles. The van der Waals surface area contributed by atoms with Crippen molar-refractivity contribution in [2.75, 3.05) is 0 Å². The Kier molecular flexibility index (Phi) is 4.60. The number of hydrogen-bond donors (Lipinski definition) is 2. The zero-order chi connectivity index (χ0) is 13.0. The van der Waals surface area contributed by atoms with E-state index in [4.69, 9.17) is 18.0 Å². The molecular formula is C14H24N2OS. The maximum Gasteiger partial charge on any atom is 0.221 e. The van der Waals surface area contributed by atoms with Crippen molar-refractivity contribution in [2.45, 2.75) is 69.7 Å². The molecular weight excluding hydrogens is 244 g/mol. The highest BCUT2D eigenvalue weighted by Gasteiger charge is 2.36. The minimum absolute atomic E-state index is 0.144. The van der Waals surface area contributed by atoms with Gasteiger partial charge < -0.3 is 11.1 Å². The van der Waals surface area contributed by atoms with Crippen molar-refractivity contribution in [1.82, 2.24) is 5.32 Å². The molecule has 1 amide bonds. The first-order valence-corrected chi connectivity index (χ1v) is 7.64. The van der Waals surface area contributed by atoms with Crippen molar-refractivity contribution in [3.05, 3.63) is 0 Å². The van der Waals surface area contributed by atoms with Gasteiger partial charge in [0.2, 0.25) is 5.91 Å². The van der Waals surface area contributed by atoms with Gasteiger partial charge in [0.1, 0.15) is 0 Å². The van der Waals surface area contributed by atoms with Gasteiger partial charge in [0, 0.05) is 6.42 Å². The van der Waals surface area contributed by atoms with E-state index in [0.717, 1.165) is 25.7 Å². The van der Waals surface area contributed by atoms with Gasteiger partial charge in [-0.1, -0.05) is 44.3 Å². The average molecular weight is 268 g/mol. The topological polar surface area (TPSA) is 55.1 Å². The molecule has 102 valence electrons. The number of rotatable bonds is 4. The van der Waals surface area contributed by atoms with Gasteiger partial charge in [-0.2, -0.15) is 0 Å². The molecule has 2 fully saturated rings. The summed E-state index contributed by atoms with van der Waals surface area (Å²) in [6.07, 6.45) is 10.9. The summed E-state index contributed by atoms with van der Waals surface area (Å²) in [6, 6.07) is 0. The van der Waals surface area contributed by atoms with Crippen LogP contribution in [-0.2, 0) is 4.79 Å². The number of thiocarbonyl (C=S) groups is 1. The lowest BCUT2D eigenvalue weighted by molar-refractivity contribution is -0.122. The fraction of sp³-hybridized carbons (Fsp3) is 0.857. The monoisotopic (exact) mass is 268 g/mol. The summed E-state index contributed by atoms with van der Waals surface area (Å²) in [5, 5.41) is 3.17. The van der Waals surface area contributed by atoms with Crippen LogP contribution in [0.3, 0.4) is 0 Å². The molecule has 0 aliphatic heterocycles. The molecule has 0 bridgehead atoms. The minimum atomic E-state index is -0.401. The van der Waals surface area contributed by atoms with E-state index in [1.54, 1.807) is 0 Å². The molecule has 0 radical (unpaired) electrons. The third-order valence-corrected chi connectivity index (χ3v) is 4.62. The van der Waals surface area contributed by atoms with E-state index in [9.17, 15) is 4.79 Å². The van der Waals surface area contributed by atoms with Crippen molar-refractivity contribution in [3.8, 4) is 0 Å². The van der Waals surface area contributed by atoms with Crippen LogP contribution in [0.4, 0.5) is 0 Å². The summed E-state index contributed by atoms with van der Waals surface area (Å²) in [5.74, 6) is 0.757. The molecule has 3 nitrogen and oxygen atoms in total. The van der Waals surface area contributed by atoms with E-state index in [2.05, 4.69) is 5.32 Å². The number of nitrogens with one attached hydrogen (secondary N) is 1. The summed E-state index contributed by atoms with van der Waals surface area (Å²) in [7, 11) is 0. The highest BCUT2D eigenvalue weighted by atomic mass is 32.1. The molecule has 2 aliphatic carbocycles. The Labute approximate surface area is 115 Å². The second kappa shape index (κ2) is 6.00. The van der Waals surface area contributed by atoms with Crippen molar-refractivity contribution in [2.24, 2.45) is 11.7 Å². The predicted molar refractivity (Wildman–Crippen MR) is 77.3 cm³/mol. The molecule has 0 spiro atoms. The second-order valence-corrected chi connectivity index (χ2v) is 6.35. The molecule has 0 saturated heterocycles. The molecule has 4 heteroatoms. The zero-order valence-corrected chi connectivity index (χ0v) is 11.9. The van der Waals surface area contributed by atoms with Gasteiger partial charge in [-0.25, -0.2) is 0 Å². The van der Waals surface area contributed by atoms with E-state index in [-0.39, 0.29) is 5.91 Å². The third-order valence-electron chi connectivity index (χ3n) is 4.23. The Morgan fingerprint density at radius 1 is 1.17 bits per heavy atom. The standard InChI is InChI=1S/C14H24N2OS/c15-13(18)14(8-4-2-1-3-5-9-14)16-12(17)10-11-6-7-11/h11H,1-10H2,(H2,15,18)(H,16,17). The van der Waals surface area contributed by atoms with Crippen molar-refractivity contribution < 1.29 is 4.79 Å². The lowest BCUT2D eigenvalue weighted by Crippen LogP contribution is -2.57. The number of carbonyl (C=O) groups excluding carboxylic acids is 1. The van der Waals surface area contributed by atoms with Gasteiger partial charge in [-0.3, -0.25) is 4.79 Å². The normalized spacial score (nSPS) is 23.8. The van der Waals surface area contributed by atoms with Gasteiger partial charge in [0.15, 0.2) is 0 Å². The average Bonchev–Trinajstić information content (AvgIpc) is 3.05. The van der Waals surface area contributed by atoms with Crippen molar-refractivity contribution in [1.29, 1.82) is 0 Å². The van der Waals surface area contributed by atoms with E-state index in [0.29, 0.717) is 17.3 Å². The lowest BCUT2D eigenvalue weighted by atomic mass is 9.83. The minimum Gasteiger partial charge on any atom is -0.391 e. The number of carbonyl (C=O) groups is 1. The van der Waals surface area contributed by atoms with Crippen LogP contribution in [0.1, 0.15) is 64.2 Å². The summed E-state index contributed by atoms with van der Waals surface area (Å²) >= 11 is 5.24. The summed E-state index contributed by atoms with van der Waals surface area (Å²) < 4.78 is 0. The Hall–Kier alpha value is -0.640. The van der Waals surface area contributed by atoms with Crippen molar-refractivity contribution in [3.63, 3.8) is 0 Å². The second-order valence-electron chi connectivity index (χ2n) is 5.91. The molecule has 2 saturated carbocycles. The SMILES string of the molecule is NC(=S)C1(NC(=O)CC2CC2)CCCCCCC1. The van der Waals surface area contributed by atoms with Gasteiger partial charge in [0.25, 0.3) is 0 Å². The predicted octanol–water partition coefficient (Wildman–Crippen LogP) is 2.67. The summed E-state index contributed by atoms with van der Waals surface area (Å²) in [6.45, 7) is 0. The van der Waals surface area contributed by atoms with Gasteiger partial charge in [-0.15, -0.1) is 0 Å². The molecule has 0 heterocycles. The Morgan fingerprint density at radius 2 is 1.72 bits per heavy atom. The molecule has 0 unspecified atom stereocenters. The van der Waals surface area contributed by atoms with Crippen LogP contribution < -0.4 is 11.1 Å². The largest absolute Gasteiger partial charge is 0.391 e. The van der Waals surface area contributed by atoms with Gasteiger partial charge in [-0.05, 0) is 31.6 Å². The lowest BCUT2D eigenvalue weighted by Gasteiger charge is -2.35. The molecule has 2 aliphatic rings. The molecule has 3 N–H and O–H groups in total. The smallest absolute Gasteiger partial charge is 0.221 e. The Morgan fingerprint density at radius 3 is 2.22 bits per heavy atom. The molecule has 0 aromatic carbocycles. The van der Waals surface area contributed by atoms with E-state index < -0.39 is 5.54 Å². The summed E-state index contributed by atoms with van der Waals surface area (Å²) in [5.41, 5.74) is 5.53. The maximum atomic E-state index is 12.0. The van der Waals surface area contributed by atoms with Crippen LogP contribution in [0.25, 0.3) is 0 Å². The first-order chi connectivity index (χ1) is 8.62. The quantitative estimate of drug-likeness (QED) is 0.771. The van der Waals surface area contributed by atoms with Gasteiger partial charge in [0.05, 0.1) is 10.5 Å². The van der Waals surface area contributed by atoms with Crippen LogP contribution in [-0.4, -0.2) is 16.4 Å². The van der Waals surface area contributed by atoms with Crippen LogP contribution in [0.5, 0.6) is 0 Å². The van der Waals surface area contributed by atoms with E-state index in [1.807, 2.05) is 0 Å². The third kappa shape index (κ3) is 3.67. The first-order valence-electron chi connectivity index (χ1n) is 7.23. The Balaban J connectivity index is 1.98. The van der Waals surface area contributed by atoms with Crippen LogP contribution in [0.2, 0.25) is 0 Å². The number of nitrogens with two attached hydrogens (primary N) is 1. The first kappa shape index (κ1) is 13.8. The molecule has 0 atom stereocenters. The fourth-order valence-electron chi connectivity index (χ4n) is 2.84. The van der Waals surface area contributed by atoms with Crippen LogP contribution >= 0.6 is 12.2 Å². The van der Waals surface area contributed by atoms with Gasteiger partial charge >= 0.3 is 0 Å². The summed E-state index contributed by atoms with van der Waals surface area (Å²) in [4.78, 5) is 12.5. The van der Waals surface area contributed by atoms with E-state index >= 15 is 0 Å². The number of hydrogen-bond acceptors (Lipinski definition) is 2. The van der Waals surface area contributed by atoms with Crippen LogP contribution in [0.15, 0.2) is 0 Å². The zero-order valence-electron chi connectivity index (χ0n) is 11.0. The molecule has 2 rings (SSSR count). The highest BCUT2D eigenvalue weighted by molar-refractivity contribution is 7.80. The van der Waals surface area contributed by atoms with Crippen molar-refractivity contribution >= 4 is 23.1 Å². The highest BCUT2D eigenvalue weighted by Crippen LogP contribution is 2.33.